The summed E-state index contributed by atoms with van der Waals surface area (Å²) in [5, 5.41) is 4.99. The smallest absolute Gasteiger partial charge is 0.0555 e. The first kappa shape index (κ1) is 41.6. The van der Waals surface area contributed by atoms with Gasteiger partial charge >= 0.3 is 0 Å². The van der Waals surface area contributed by atoms with Crippen molar-refractivity contribution in [3.63, 3.8) is 0 Å². The molecule has 11 aromatic rings. The molecule has 0 saturated carbocycles. The van der Waals surface area contributed by atoms with Crippen LogP contribution < -0.4 is 4.90 Å². The van der Waals surface area contributed by atoms with Crippen molar-refractivity contribution < 1.29 is 0 Å². The first-order valence-corrected chi connectivity index (χ1v) is 24.1. The van der Waals surface area contributed by atoms with Gasteiger partial charge in [-0.15, -0.1) is 22.7 Å². The van der Waals surface area contributed by atoms with Crippen LogP contribution in [0, 0.1) is 0 Å². The number of benzene rings is 9. The summed E-state index contributed by atoms with van der Waals surface area (Å²) < 4.78 is 5.07. The molecule has 0 aliphatic heterocycles. The largest absolute Gasteiger partial charge is 0.310 e. The number of thiophene rings is 2. The first-order valence-electron chi connectivity index (χ1n) is 22.4. The predicted molar refractivity (Wildman–Crippen MR) is 296 cm³/mol. The second-order valence-electron chi connectivity index (χ2n) is 16.7. The van der Waals surface area contributed by atoms with Crippen LogP contribution in [0.2, 0.25) is 0 Å². The number of rotatable bonds is 12. The van der Waals surface area contributed by atoms with Gasteiger partial charge in [-0.3, -0.25) is 0 Å². The first-order chi connectivity index (χ1) is 32.9. The number of anilines is 3. The zero-order valence-corrected chi connectivity index (χ0v) is 38.6. The van der Waals surface area contributed by atoms with Gasteiger partial charge in [-0.05, 0) is 121 Å². The van der Waals surface area contributed by atoms with E-state index in [0.717, 1.165) is 50.5 Å². The van der Waals surface area contributed by atoms with E-state index in [9.17, 15) is 0 Å². The van der Waals surface area contributed by atoms with Crippen molar-refractivity contribution >= 4 is 91.7 Å². The molecule has 9 aromatic carbocycles. The Morgan fingerprint density at radius 2 is 1.01 bits per heavy atom. The lowest BCUT2D eigenvalue weighted by molar-refractivity contribution is 1.31. The van der Waals surface area contributed by atoms with Crippen molar-refractivity contribution in [1.29, 1.82) is 0 Å². The average Bonchev–Trinajstić information content (AvgIpc) is 3.96. The number of nitrogens with zero attached hydrogens (tertiary/aromatic N) is 1. The highest BCUT2D eigenvalue weighted by atomic mass is 32.1. The van der Waals surface area contributed by atoms with E-state index >= 15 is 0 Å². The molecule has 0 aliphatic rings. The van der Waals surface area contributed by atoms with Crippen LogP contribution in [0.4, 0.5) is 17.1 Å². The molecule has 0 saturated heterocycles. The highest BCUT2D eigenvalue weighted by molar-refractivity contribution is 7.26. The van der Waals surface area contributed by atoms with E-state index in [4.69, 9.17) is 0 Å². The Labute approximate surface area is 400 Å². The Morgan fingerprint density at radius 3 is 1.67 bits per heavy atom. The molecule has 3 heteroatoms. The lowest BCUT2D eigenvalue weighted by atomic mass is 9.92. The molecule has 2 aromatic heterocycles. The summed E-state index contributed by atoms with van der Waals surface area (Å²) in [5.74, 6) is 0. The Morgan fingerprint density at radius 1 is 0.448 bits per heavy atom. The van der Waals surface area contributed by atoms with Gasteiger partial charge in [-0.2, -0.15) is 0 Å². The molecule has 0 bridgehead atoms. The number of hydrogen-bond acceptors (Lipinski definition) is 3. The van der Waals surface area contributed by atoms with Crippen molar-refractivity contribution in [3.8, 4) is 44.5 Å². The minimum Gasteiger partial charge on any atom is -0.310 e. The molecule has 0 N–H and O–H groups in total. The van der Waals surface area contributed by atoms with Crippen LogP contribution in [0.3, 0.4) is 0 Å². The van der Waals surface area contributed by atoms with Crippen LogP contribution >= 0.6 is 22.7 Å². The quantitative estimate of drug-likeness (QED) is 0.110. The standard InChI is InChI=1S/C64H45NS2/c1-5-7-17-42(3)43(4)57-38-49(25-24-44(57)6-2)47-26-30-52(31-27-47)65(53-32-37-60-58(41-53)55-33-28-50(39-61(55)66-60)45-18-11-8-12-19-45)59-36-35-54(48-22-15-10-16-23-48)64-63(59)56-34-29-51(40-62(56)67-64)46-20-13-9-14-21-46/h5-41H,1-4H2/b17-7-. The lowest BCUT2D eigenvalue weighted by Crippen LogP contribution is -2.10. The zero-order chi connectivity index (χ0) is 45.4. The number of fused-ring (bicyclic) bond motifs is 6. The summed E-state index contributed by atoms with van der Waals surface area (Å²) in [7, 11) is 0. The van der Waals surface area contributed by atoms with E-state index in [1.165, 1.54) is 73.7 Å². The summed E-state index contributed by atoms with van der Waals surface area (Å²) in [5.41, 5.74) is 16.5. The summed E-state index contributed by atoms with van der Waals surface area (Å²) >= 11 is 3.73. The second-order valence-corrected chi connectivity index (χ2v) is 18.9. The van der Waals surface area contributed by atoms with Crippen molar-refractivity contribution in [2.45, 2.75) is 0 Å². The minimum atomic E-state index is 0.833. The molecule has 0 fully saturated rings. The second kappa shape index (κ2) is 17.7. The Hall–Kier alpha value is -8.08. The fraction of sp³-hybridized carbons (Fsp3) is 0. The molecule has 0 atom stereocenters. The van der Waals surface area contributed by atoms with E-state index in [0.29, 0.717) is 0 Å². The molecule has 0 radical (unpaired) electrons. The monoisotopic (exact) mass is 891 g/mol. The van der Waals surface area contributed by atoms with E-state index < -0.39 is 0 Å². The average molecular weight is 892 g/mol. The third kappa shape index (κ3) is 7.75. The molecule has 0 unspecified atom stereocenters. The van der Waals surface area contributed by atoms with E-state index in [2.05, 4.69) is 231 Å². The molecule has 67 heavy (non-hydrogen) atoms. The third-order valence-corrected chi connectivity index (χ3v) is 15.0. The van der Waals surface area contributed by atoms with Gasteiger partial charge in [0.15, 0.2) is 0 Å². The highest BCUT2D eigenvalue weighted by Gasteiger charge is 2.23. The van der Waals surface area contributed by atoms with Gasteiger partial charge in [0.05, 0.1) is 5.69 Å². The van der Waals surface area contributed by atoms with Crippen molar-refractivity contribution in [2.24, 2.45) is 0 Å². The minimum absolute atomic E-state index is 0.833. The fourth-order valence-electron chi connectivity index (χ4n) is 9.28. The van der Waals surface area contributed by atoms with Gasteiger partial charge in [-0.25, -0.2) is 0 Å². The molecule has 2 heterocycles. The van der Waals surface area contributed by atoms with E-state index in [1.807, 2.05) is 40.9 Å². The topological polar surface area (TPSA) is 3.24 Å². The number of hydrogen-bond donors (Lipinski definition) is 0. The summed E-state index contributed by atoms with van der Waals surface area (Å²) in [4.78, 5) is 2.46. The molecule has 318 valence electrons. The Balaban J connectivity index is 1.10. The van der Waals surface area contributed by atoms with Gasteiger partial charge in [0.1, 0.15) is 0 Å². The summed E-state index contributed by atoms with van der Waals surface area (Å²) in [6.45, 7) is 16.6. The van der Waals surface area contributed by atoms with Crippen molar-refractivity contribution in [1.82, 2.24) is 0 Å². The van der Waals surface area contributed by atoms with Crippen molar-refractivity contribution in [3.05, 3.63) is 261 Å². The molecular weight excluding hydrogens is 847 g/mol. The molecule has 11 rings (SSSR count). The predicted octanol–water partition coefficient (Wildman–Crippen LogP) is 19.5. The van der Waals surface area contributed by atoms with Gasteiger partial charge in [0, 0.05) is 51.7 Å². The van der Waals surface area contributed by atoms with Crippen molar-refractivity contribution in [2.75, 3.05) is 4.90 Å². The number of allylic oxidation sites excluding steroid dienone is 5. The third-order valence-electron chi connectivity index (χ3n) is 12.7. The van der Waals surface area contributed by atoms with Crippen LogP contribution in [0.5, 0.6) is 0 Å². The highest BCUT2D eigenvalue weighted by Crippen LogP contribution is 2.50. The molecule has 0 spiro atoms. The van der Waals surface area contributed by atoms with Crippen LogP contribution in [-0.4, -0.2) is 0 Å². The van der Waals surface area contributed by atoms with Gasteiger partial charge in [0.25, 0.3) is 0 Å². The fourth-order valence-corrected chi connectivity index (χ4v) is 11.7. The maximum Gasteiger partial charge on any atom is 0.0555 e. The SMILES string of the molecule is C=C/C=C\C(=C)C(=C)c1cc(-c2ccc(N(c3ccc4sc5cc(-c6ccccc6)ccc5c4c3)c3ccc(-c4ccccc4)c4sc5cc(-c6ccccc6)ccc5c34)cc2)ccc1C=C. The Kier molecular flexibility index (Phi) is 11.0. The summed E-state index contributed by atoms with van der Waals surface area (Å²) in [6, 6.07) is 73.1. The zero-order valence-electron chi connectivity index (χ0n) is 37.0. The van der Waals surface area contributed by atoms with Crippen LogP contribution in [0.25, 0.3) is 96.5 Å². The van der Waals surface area contributed by atoms with Gasteiger partial charge in [0.2, 0.25) is 0 Å². The van der Waals surface area contributed by atoms with E-state index in [-0.39, 0.29) is 0 Å². The summed E-state index contributed by atoms with van der Waals surface area (Å²) in [6.07, 6.45) is 7.46. The maximum absolute atomic E-state index is 4.43. The van der Waals surface area contributed by atoms with Crippen LogP contribution in [0.1, 0.15) is 11.1 Å². The van der Waals surface area contributed by atoms with E-state index in [1.54, 1.807) is 6.08 Å². The van der Waals surface area contributed by atoms with Gasteiger partial charge < -0.3 is 4.90 Å². The van der Waals surface area contributed by atoms with Crippen LogP contribution in [0.15, 0.2) is 250 Å². The molecular formula is C64H45NS2. The molecule has 0 amide bonds. The lowest BCUT2D eigenvalue weighted by Gasteiger charge is -2.27. The Bertz CT molecular complexity index is 3740. The molecule has 1 nitrogen and oxygen atoms in total. The molecule has 0 aliphatic carbocycles. The van der Waals surface area contributed by atoms with Gasteiger partial charge in [-0.1, -0.05) is 196 Å². The maximum atomic E-state index is 4.43. The van der Waals surface area contributed by atoms with Crippen LogP contribution in [-0.2, 0) is 0 Å². The normalized spacial score (nSPS) is 11.5.